The molecule has 0 radical (unpaired) electrons. The Bertz CT molecular complexity index is 560. The largest absolute Gasteiger partial charge is 0.416 e. The van der Waals surface area contributed by atoms with Crippen LogP contribution in [-0.4, -0.2) is 23.9 Å². The number of piperidine rings is 1. The van der Waals surface area contributed by atoms with Gasteiger partial charge in [0.25, 0.3) is 0 Å². The Kier molecular flexibility index (Phi) is 7.54. The summed E-state index contributed by atoms with van der Waals surface area (Å²) < 4.78 is 37.9. The van der Waals surface area contributed by atoms with E-state index in [2.05, 4.69) is 13.8 Å². The summed E-state index contributed by atoms with van der Waals surface area (Å²) in [6, 6.07) is 5.48. The Hall–Kier alpha value is -1.52. The monoisotopic (exact) mass is 369 g/mol. The van der Waals surface area contributed by atoms with Crippen LogP contribution in [0.3, 0.4) is 0 Å². The highest BCUT2D eigenvalue weighted by molar-refractivity contribution is 5.78. The molecule has 5 heteroatoms. The van der Waals surface area contributed by atoms with E-state index in [1.165, 1.54) is 0 Å². The number of likely N-dealkylation sites (tertiary alicyclic amines) is 1. The van der Waals surface area contributed by atoms with Crippen molar-refractivity contribution in [1.82, 2.24) is 4.90 Å². The predicted molar refractivity (Wildman–Crippen MR) is 97.8 cm³/mol. The molecular weight excluding hydrogens is 339 g/mol. The third-order valence-corrected chi connectivity index (χ3v) is 5.48. The van der Waals surface area contributed by atoms with Crippen molar-refractivity contribution in [2.75, 3.05) is 13.1 Å². The molecular formula is C21H30F3NO. The summed E-state index contributed by atoms with van der Waals surface area (Å²) in [5, 5.41) is 0. The number of carbonyl (C=O) groups is 1. The van der Waals surface area contributed by atoms with E-state index in [-0.39, 0.29) is 11.8 Å². The first-order chi connectivity index (χ1) is 12.3. The molecule has 2 rings (SSSR count). The van der Waals surface area contributed by atoms with E-state index >= 15 is 0 Å². The number of amides is 1. The summed E-state index contributed by atoms with van der Waals surface area (Å²) in [4.78, 5) is 14.6. The molecule has 146 valence electrons. The zero-order chi connectivity index (χ0) is 19.2. The van der Waals surface area contributed by atoms with Crippen LogP contribution < -0.4 is 0 Å². The van der Waals surface area contributed by atoms with Crippen molar-refractivity contribution in [2.24, 2.45) is 11.8 Å². The standard InChI is InChI=1S/C21H30F3NO/c1-3-5-6-18(4-2)20(26)25-13-11-17(12-14-25)15-16-7-9-19(10-8-16)21(22,23)24/h7-10,17-18H,3-6,11-15H2,1-2H3/t18-/m1/s1. The minimum atomic E-state index is -4.28. The first-order valence-corrected chi connectivity index (χ1v) is 9.80. The Morgan fingerprint density at radius 1 is 1.15 bits per heavy atom. The average molecular weight is 369 g/mol. The van der Waals surface area contributed by atoms with Crippen LogP contribution in [0.1, 0.15) is 63.5 Å². The molecule has 1 aromatic rings. The van der Waals surface area contributed by atoms with E-state index in [0.29, 0.717) is 5.92 Å². The van der Waals surface area contributed by atoms with Crippen LogP contribution in [0.15, 0.2) is 24.3 Å². The fourth-order valence-corrected chi connectivity index (χ4v) is 3.73. The van der Waals surface area contributed by atoms with Gasteiger partial charge in [0.2, 0.25) is 5.91 Å². The van der Waals surface area contributed by atoms with Crippen LogP contribution in [0.4, 0.5) is 13.2 Å². The van der Waals surface area contributed by atoms with Crippen LogP contribution >= 0.6 is 0 Å². The van der Waals surface area contributed by atoms with Crippen molar-refractivity contribution < 1.29 is 18.0 Å². The van der Waals surface area contributed by atoms with E-state index in [4.69, 9.17) is 0 Å². The summed E-state index contributed by atoms with van der Waals surface area (Å²) in [6.45, 7) is 5.76. The van der Waals surface area contributed by atoms with Gasteiger partial charge in [-0.3, -0.25) is 4.79 Å². The number of halogens is 3. The zero-order valence-corrected chi connectivity index (χ0v) is 15.8. The third kappa shape index (κ3) is 5.75. The van der Waals surface area contributed by atoms with Gasteiger partial charge in [0.05, 0.1) is 5.56 Å². The lowest BCUT2D eigenvalue weighted by atomic mass is 9.88. The molecule has 0 bridgehead atoms. The number of rotatable bonds is 7. The normalized spacial score (nSPS) is 17.3. The second-order valence-electron chi connectivity index (χ2n) is 7.41. The summed E-state index contributed by atoms with van der Waals surface area (Å²) in [5.74, 6) is 0.863. The summed E-state index contributed by atoms with van der Waals surface area (Å²) in [6.07, 6.45) is 2.42. The van der Waals surface area contributed by atoms with E-state index in [1.807, 2.05) is 4.90 Å². The molecule has 1 atom stereocenters. The molecule has 1 aliphatic rings. The van der Waals surface area contributed by atoms with E-state index in [1.54, 1.807) is 12.1 Å². The van der Waals surface area contributed by atoms with Gasteiger partial charge in [-0.1, -0.05) is 38.8 Å². The molecule has 0 spiro atoms. The lowest BCUT2D eigenvalue weighted by molar-refractivity contribution is -0.138. The van der Waals surface area contributed by atoms with Crippen LogP contribution in [-0.2, 0) is 17.4 Å². The number of hydrogen-bond acceptors (Lipinski definition) is 1. The topological polar surface area (TPSA) is 20.3 Å². The smallest absolute Gasteiger partial charge is 0.342 e. The highest BCUT2D eigenvalue weighted by Gasteiger charge is 2.30. The molecule has 0 aliphatic carbocycles. The number of unbranched alkanes of at least 4 members (excludes halogenated alkanes) is 1. The third-order valence-electron chi connectivity index (χ3n) is 5.48. The number of hydrogen-bond donors (Lipinski definition) is 0. The molecule has 1 heterocycles. The van der Waals surface area contributed by atoms with Crippen LogP contribution in [0.25, 0.3) is 0 Å². The molecule has 0 unspecified atom stereocenters. The number of nitrogens with zero attached hydrogens (tertiary/aromatic N) is 1. The quantitative estimate of drug-likeness (QED) is 0.603. The van der Waals surface area contributed by atoms with Gasteiger partial charge in [-0.25, -0.2) is 0 Å². The Balaban J connectivity index is 1.83. The van der Waals surface area contributed by atoms with Crippen molar-refractivity contribution in [3.63, 3.8) is 0 Å². The molecule has 0 saturated carbocycles. The van der Waals surface area contributed by atoms with Crippen molar-refractivity contribution >= 4 is 5.91 Å². The molecule has 1 aromatic carbocycles. The van der Waals surface area contributed by atoms with Gasteiger partial charge < -0.3 is 4.90 Å². The fourth-order valence-electron chi connectivity index (χ4n) is 3.73. The van der Waals surface area contributed by atoms with Gasteiger partial charge in [0, 0.05) is 19.0 Å². The minimum absolute atomic E-state index is 0.140. The lowest BCUT2D eigenvalue weighted by Gasteiger charge is -2.34. The zero-order valence-electron chi connectivity index (χ0n) is 15.8. The molecule has 2 nitrogen and oxygen atoms in total. The molecule has 1 saturated heterocycles. The van der Waals surface area contributed by atoms with Gasteiger partial charge in [0.15, 0.2) is 0 Å². The maximum atomic E-state index is 12.7. The Morgan fingerprint density at radius 3 is 2.27 bits per heavy atom. The van der Waals surface area contributed by atoms with Gasteiger partial charge in [-0.05, 0) is 55.7 Å². The second-order valence-corrected chi connectivity index (χ2v) is 7.41. The van der Waals surface area contributed by atoms with Gasteiger partial charge in [-0.15, -0.1) is 0 Å². The SMILES string of the molecule is CCCC[C@@H](CC)C(=O)N1CCC(Cc2ccc(C(F)(F)F)cc2)CC1. The first-order valence-electron chi connectivity index (χ1n) is 9.80. The average Bonchev–Trinajstić information content (AvgIpc) is 2.62. The van der Waals surface area contributed by atoms with E-state index in [0.717, 1.165) is 75.7 Å². The highest BCUT2D eigenvalue weighted by atomic mass is 19.4. The van der Waals surface area contributed by atoms with Gasteiger partial charge in [-0.2, -0.15) is 13.2 Å². The number of benzene rings is 1. The summed E-state index contributed by atoms with van der Waals surface area (Å²) in [5.41, 5.74) is 0.344. The molecule has 26 heavy (non-hydrogen) atoms. The minimum Gasteiger partial charge on any atom is -0.342 e. The maximum Gasteiger partial charge on any atom is 0.416 e. The van der Waals surface area contributed by atoms with Crippen molar-refractivity contribution in [2.45, 2.75) is 65.0 Å². The molecule has 1 aliphatic heterocycles. The van der Waals surface area contributed by atoms with Crippen molar-refractivity contribution in [1.29, 1.82) is 0 Å². The Morgan fingerprint density at radius 2 is 1.77 bits per heavy atom. The number of alkyl halides is 3. The maximum absolute atomic E-state index is 12.7. The van der Waals surface area contributed by atoms with Crippen molar-refractivity contribution in [3.05, 3.63) is 35.4 Å². The number of carbonyl (C=O) groups excluding carboxylic acids is 1. The summed E-state index contributed by atoms with van der Waals surface area (Å²) >= 11 is 0. The van der Waals surface area contributed by atoms with Crippen LogP contribution in [0, 0.1) is 11.8 Å². The molecule has 0 N–H and O–H groups in total. The van der Waals surface area contributed by atoms with Gasteiger partial charge >= 0.3 is 6.18 Å². The van der Waals surface area contributed by atoms with Crippen LogP contribution in [0.2, 0.25) is 0 Å². The fraction of sp³-hybridized carbons (Fsp3) is 0.667. The molecule has 1 fully saturated rings. The Labute approximate surface area is 154 Å². The van der Waals surface area contributed by atoms with E-state index < -0.39 is 11.7 Å². The first kappa shape index (κ1) is 20.8. The summed E-state index contributed by atoms with van der Waals surface area (Å²) in [7, 11) is 0. The molecule has 0 aromatic heterocycles. The van der Waals surface area contributed by atoms with Crippen LogP contribution in [0.5, 0.6) is 0 Å². The lowest BCUT2D eigenvalue weighted by Crippen LogP contribution is -2.42. The van der Waals surface area contributed by atoms with Crippen molar-refractivity contribution in [3.8, 4) is 0 Å². The van der Waals surface area contributed by atoms with E-state index in [9.17, 15) is 18.0 Å². The highest BCUT2D eigenvalue weighted by Crippen LogP contribution is 2.30. The second kappa shape index (κ2) is 9.43. The molecule has 1 amide bonds. The predicted octanol–water partition coefficient (Wildman–Crippen LogP) is 5.70. The van der Waals surface area contributed by atoms with Gasteiger partial charge in [0.1, 0.15) is 0 Å².